The topological polar surface area (TPSA) is 61.4 Å². The lowest BCUT2D eigenvalue weighted by Crippen LogP contribution is -2.47. The van der Waals surface area contributed by atoms with Crippen LogP contribution in [0, 0.1) is 0 Å². The molecule has 0 unspecified atom stereocenters. The standard InChI is InChI=1S/C27H28ClN3O2/c28-24-12-6-20(7-13-24)19-31-16-14-25(15-17-31)30-26(32)18-29-27(33)23-10-8-22(9-11-23)21-4-2-1-3-5-21/h1-13,25H,14-19H2,(H,29,33)(H,30,32). The minimum Gasteiger partial charge on any atom is -0.352 e. The van der Waals surface area contributed by atoms with Gasteiger partial charge in [0.05, 0.1) is 6.54 Å². The van der Waals surface area contributed by atoms with Crippen molar-refractivity contribution in [2.75, 3.05) is 19.6 Å². The third kappa shape index (κ3) is 6.67. The average molecular weight is 462 g/mol. The quantitative estimate of drug-likeness (QED) is 0.544. The van der Waals surface area contributed by atoms with Crippen molar-refractivity contribution in [1.82, 2.24) is 15.5 Å². The van der Waals surface area contributed by atoms with E-state index >= 15 is 0 Å². The number of nitrogens with zero attached hydrogens (tertiary/aromatic N) is 1. The highest BCUT2D eigenvalue weighted by atomic mass is 35.5. The summed E-state index contributed by atoms with van der Waals surface area (Å²) < 4.78 is 0. The van der Waals surface area contributed by atoms with Gasteiger partial charge in [0.15, 0.2) is 0 Å². The van der Waals surface area contributed by atoms with Crippen LogP contribution in [-0.2, 0) is 11.3 Å². The molecule has 2 N–H and O–H groups in total. The van der Waals surface area contributed by atoms with Crippen LogP contribution < -0.4 is 10.6 Å². The molecule has 1 aliphatic rings. The molecule has 0 bridgehead atoms. The highest BCUT2D eigenvalue weighted by Crippen LogP contribution is 2.19. The Bertz CT molecular complexity index is 1060. The van der Waals surface area contributed by atoms with E-state index in [2.05, 4.69) is 15.5 Å². The highest BCUT2D eigenvalue weighted by molar-refractivity contribution is 6.30. The summed E-state index contributed by atoms with van der Waals surface area (Å²) in [5, 5.41) is 6.52. The molecular weight excluding hydrogens is 434 g/mol. The number of carbonyl (C=O) groups excluding carboxylic acids is 2. The van der Waals surface area contributed by atoms with Gasteiger partial charge in [-0.25, -0.2) is 0 Å². The maximum Gasteiger partial charge on any atom is 0.251 e. The Morgan fingerprint density at radius 1 is 0.848 bits per heavy atom. The first-order valence-corrected chi connectivity index (χ1v) is 11.6. The number of carbonyl (C=O) groups is 2. The molecule has 0 spiro atoms. The average Bonchev–Trinajstić information content (AvgIpc) is 2.86. The largest absolute Gasteiger partial charge is 0.352 e. The molecule has 2 amide bonds. The molecule has 0 atom stereocenters. The molecular formula is C27H28ClN3O2. The van der Waals surface area contributed by atoms with Crippen LogP contribution in [0.25, 0.3) is 11.1 Å². The zero-order valence-corrected chi connectivity index (χ0v) is 19.2. The molecule has 1 heterocycles. The molecule has 0 radical (unpaired) electrons. The molecule has 0 saturated carbocycles. The normalized spacial score (nSPS) is 14.6. The van der Waals surface area contributed by atoms with E-state index in [1.54, 1.807) is 12.1 Å². The fraction of sp³-hybridized carbons (Fsp3) is 0.259. The first kappa shape index (κ1) is 23.0. The van der Waals surface area contributed by atoms with Gasteiger partial charge < -0.3 is 10.6 Å². The Kier molecular flexibility index (Phi) is 7.76. The summed E-state index contributed by atoms with van der Waals surface area (Å²) in [4.78, 5) is 27.1. The second-order valence-electron chi connectivity index (χ2n) is 8.37. The van der Waals surface area contributed by atoms with Gasteiger partial charge in [-0.1, -0.05) is 66.2 Å². The zero-order valence-electron chi connectivity index (χ0n) is 18.5. The number of amides is 2. The van der Waals surface area contributed by atoms with Gasteiger partial charge in [-0.15, -0.1) is 0 Å². The summed E-state index contributed by atoms with van der Waals surface area (Å²) in [5.41, 5.74) is 3.93. The Labute approximate surface area is 199 Å². The molecule has 5 nitrogen and oxygen atoms in total. The number of halogens is 1. The fourth-order valence-electron chi connectivity index (χ4n) is 4.07. The van der Waals surface area contributed by atoms with Crippen LogP contribution in [0.1, 0.15) is 28.8 Å². The van der Waals surface area contributed by atoms with Crippen LogP contribution >= 0.6 is 11.6 Å². The van der Waals surface area contributed by atoms with E-state index in [1.165, 1.54) is 5.56 Å². The summed E-state index contributed by atoms with van der Waals surface area (Å²) >= 11 is 5.95. The number of likely N-dealkylation sites (tertiary alicyclic amines) is 1. The van der Waals surface area contributed by atoms with Gasteiger partial charge in [-0.2, -0.15) is 0 Å². The summed E-state index contributed by atoms with van der Waals surface area (Å²) in [5.74, 6) is -0.400. The van der Waals surface area contributed by atoms with Gasteiger partial charge in [0, 0.05) is 36.3 Å². The first-order valence-electron chi connectivity index (χ1n) is 11.3. The molecule has 1 saturated heterocycles. The number of nitrogens with one attached hydrogen (secondary N) is 2. The van der Waals surface area contributed by atoms with Crippen molar-refractivity contribution in [2.45, 2.75) is 25.4 Å². The molecule has 4 rings (SSSR count). The van der Waals surface area contributed by atoms with Crippen molar-refractivity contribution in [3.63, 3.8) is 0 Å². The van der Waals surface area contributed by atoms with E-state index in [-0.39, 0.29) is 24.4 Å². The maximum atomic E-state index is 12.4. The second-order valence-corrected chi connectivity index (χ2v) is 8.81. The van der Waals surface area contributed by atoms with E-state index in [4.69, 9.17) is 11.6 Å². The van der Waals surface area contributed by atoms with Gasteiger partial charge >= 0.3 is 0 Å². The molecule has 170 valence electrons. The summed E-state index contributed by atoms with van der Waals surface area (Å²) in [6, 6.07) is 25.5. The van der Waals surface area contributed by atoms with Gasteiger partial charge in [0.1, 0.15) is 0 Å². The first-order chi connectivity index (χ1) is 16.1. The molecule has 1 fully saturated rings. The molecule has 6 heteroatoms. The molecule has 3 aromatic rings. The van der Waals surface area contributed by atoms with E-state index in [9.17, 15) is 9.59 Å². The lowest BCUT2D eigenvalue weighted by molar-refractivity contribution is -0.121. The van der Waals surface area contributed by atoms with Crippen LogP contribution in [-0.4, -0.2) is 42.4 Å². The van der Waals surface area contributed by atoms with Gasteiger partial charge in [0.2, 0.25) is 5.91 Å². The van der Waals surface area contributed by atoms with Crippen LogP contribution in [0.15, 0.2) is 78.9 Å². The van der Waals surface area contributed by atoms with Crippen molar-refractivity contribution in [2.24, 2.45) is 0 Å². The Morgan fingerprint density at radius 2 is 1.48 bits per heavy atom. The molecule has 33 heavy (non-hydrogen) atoms. The van der Waals surface area contributed by atoms with Gasteiger partial charge in [-0.05, 0) is 53.8 Å². The predicted molar refractivity (Wildman–Crippen MR) is 132 cm³/mol. The Balaban J connectivity index is 1.18. The lowest BCUT2D eigenvalue weighted by Gasteiger charge is -2.32. The van der Waals surface area contributed by atoms with E-state index < -0.39 is 0 Å². The number of piperidine rings is 1. The maximum absolute atomic E-state index is 12.4. The van der Waals surface area contributed by atoms with Crippen LogP contribution in [0.5, 0.6) is 0 Å². The Hall–Kier alpha value is -3.15. The van der Waals surface area contributed by atoms with E-state index in [0.717, 1.165) is 48.6 Å². The zero-order chi connectivity index (χ0) is 23.0. The summed E-state index contributed by atoms with van der Waals surface area (Å²) in [6.07, 6.45) is 1.79. The van der Waals surface area contributed by atoms with Crippen molar-refractivity contribution in [3.05, 3.63) is 95.0 Å². The molecule has 3 aromatic carbocycles. The van der Waals surface area contributed by atoms with E-state index in [1.807, 2.05) is 66.7 Å². The molecule has 1 aliphatic heterocycles. The van der Waals surface area contributed by atoms with Gasteiger partial charge in [0.25, 0.3) is 5.91 Å². The molecule has 0 aromatic heterocycles. The number of hydrogen-bond acceptors (Lipinski definition) is 3. The summed E-state index contributed by atoms with van der Waals surface area (Å²) in [6.45, 7) is 2.71. The number of hydrogen-bond donors (Lipinski definition) is 2. The van der Waals surface area contributed by atoms with Crippen molar-refractivity contribution >= 4 is 23.4 Å². The minimum absolute atomic E-state index is 0.0236. The number of rotatable bonds is 7. The van der Waals surface area contributed by atoms with Crippen molar-refractivity contribution < 1.29 is 9.59 Å². The molecule has 0 aliphatic carbocycles. The van der Waals surface area contributed by atoms with Crippen LogP contribution in [0.3, 0.4) is 0 Å². The van der Waals surface area contributed by atoms with Crippen molar-refractivity contribution in [3.8, 4) is 11.1 Å². The fourth-order valence-corrected chi connectivity index (χ4v) is 4.20. The monoisotopic (exact) mass is 461 g/mol. The second kappa shape index (κ2) is 11.1. The predicted octanol–water partition coefficient (Wildman–Crippen LogP) is 4.52. The highest BCUT2D eigenvalue weighted by Gasteiger charge is 2.21. The SMILES string of the molecule is O=C(CNC(=O)c1ccc(-c2ccccc2)cc1)NC1CCN(Cc2ccc(Cl)cc2)CC1. The van der Waals surface area contributed by atoms with Crippen LogP contribution in [0.4, 0.5) is 0 Å². The van der Waals surface area contributed by atoms with Crippen molar-refractivity contribution in [1.29, 1.82) is 0 Å². The third-order valence-corrected chi connectivity index (χ3v) is 6.19. The summed E-state index contributed by atoms with van der Waals surface area (Å²) in [7, 11) is 0. The van der Waals surface area contributed by atoms with Crippen LogP contribution in [0.2, 0.25) is 5.02 Å². The van der Waals surface area contributed by atoms with Gasteiger partial charge in [-0.3, -0.25) is 14.5 Å². The smallest absolute Gasteiger partial charge is 0.251 e. The van der Waals surface area contributed by atoms with E-state index in [0.29, 0.717) is 5.56 Å². The lowest BCUT2D eigenvalue weighted by atomic mass is 10.0. The minimum atomic E-state index is -0.248. The number of benzene rings is 3. The Morgan fingerprint density at radius 3 is 2.15 bits per heavy atom. The third-order valence-electron chi connectivity index (χ3n) is 5.94.